The molecule has 39 heavy (non-hydrogen) atoms. The van der Waals surface area contributed by atoms with Crippen molar-refractivity contribution in [2.24, 2.45) is 5.16 Å². The lowest BCUT2D eigenvalue weighted by atomic mass is 9.96. The summed E-state index contributed by atoms with van der Waals surface area (Å²) in [5.41, 5.74) is 1.67. The normalized spacial score (nSPS) is 11.9. The maximum Gasteiger partial charge on any atom is 0.437 e. The SMILES string of the molecule is CCCCCCCCCCS(=O)(=O)O.Cc1cc(C)c(C(=NO)C(F)(F)F)c(C)c1.c1ccc2[nH]ccc2c1. The van der Waals surface area contributed by atoms with Crippen LogP contribution in [0.3, 0.4) is 0 Å². The van der Waals surface area contributed by atoms with E-state index in [4.69, 9.17) is 9.76 Å². The van der Waals surface area contributed by atoms with Gasteiger partial charge < -0.3 is 10.2 Å². The van der Waals surface area contributed by atoms with E-state index in [2.05, 4.69) is 35.3 Å². The Hall–Kier alpha value is -2.85. The largest absolute Gasteiger partial charge is 0.437 e. The molecule has 0 fully saturated rings. The third-order valence-corrected chi connectivity index (χ3v) is 6.81. The molecule has 0 aliphatic carbocycles. The topological polar surface area (TPSA) is 103 Å². The van der Waals surface area contributed by atoms with Crippen molar-refractivity contribution in [2.75, 3.05) is 5.75 Å². The Morgan fingerprint density at radius 3 is 1.92 bits per heavy atom. The van der Waals surface area contributed by atoms with E-state index >= 15 is 0 Å². The van der Waals surface area contributed by atoms with Crippen LogP contribution < -0.4 is 0 Å². The predicted molar refractivity (Wildman–Crippen MR) is 152 cm³/mol. The average Bonchev–Trinajstić information content (AvgIpc) is 3.31. The molecule has 0 saturated carbocycles. The van der Waals surface area contributed by atoms with Crippen LogP contribution >= 0.6 is 0 Å². The summed E-state index contributed by atoms with van der Waals surface area (Å²) in [7, 11) is -3.73. The van der Waals surface area contributed by atoms with Gasteiger partial charge in [-0.3, -0.25) is 4.55 Å². The van der Waals surface area contributed by atoms with Gasteiger partial charge in [-0.25, -0.2) is 0 Å². The molecule has 2 aromatic carbocycles. The number of nitrogens with one attached hydrogen (secondary N) is 1. The van der Waals surface area contributed by atoms with Crippen molar-refractivity contribution < 1.29 is 31.3 Å². The maximum absolute atomic E-state index is 12.6. The summed E-state index contributed by atoms with van der Waals surface area (Å²) in [5, 5.41) is 12.1. The van der Waals surface area contributed by atoms with Gasteiger partial charge in [0.15, 0.2) is 5.71 Å². The molecule has 1 heterocycles. The molecule has 3 aromatic rings. The second-order valence-electron chi connectivity index (χ2n) is 9.55. The van der Waals surface area contributed by atoms with Crippen LogP contribution in [-0.4, -0.2) is 40.8 Å². The van der Waals surface area contributed by atoms with E-state index in [1.165, 1.54) is 43.0 Å². The lowest BCUT2D eigenvalue weighted by Crippen LogP contribution is -2.26. The lowest BCUT2D eigenvalue weighted by Gasteiger charge is -2.14. The Morgan fingerprint density at radius 2 is 1.44 bits per heavy atom. The molecular formula is C29H41F3N2O4S. The summed E-state index contributed by atoms with van der Waals surface area (Å²) in [6, 6.07) is 13.5. The van der Waals surface area contributed by atoms with Crippen LogP contribution in [0, 0.1) is 20.8 Å². The summed E-state index contributed by atoms with van der Waals surface area (Å²) in [6.45, 7) is 7.11. The van der Waals surface area contributed by atoms with E-state index in [0.29, 0.717) is 17.5 Å². The molecule has 218 valence electrons. The number of fused-ring (bicyclic) bond motifs is 1. The number of alkyl halides is 3. The Morgan fingerprint density at radius 1 is 0.897 bits per heavy atom. The summed E-state index contributed by atoms with van der Waals surface area (Å²) >= 11 is 0. The monoisotopic (exact) mass is 570 g/mol. The fourth-order valence-corrected chi connectivity index (χ4v) is 4.78. The summed E-state index contributed by atoms with van der Waals surface area (Å²) in [5.74, 6) is -0.0814. The van der Waals surface area contributed by atoms with Crippen molar-refractivity contribution in [3.05, 3.63) is 70.9 Å². The van der Waals surface area contributed by atoms with Crippen molar-refractivity contribution in [3.8, 4) is 0 Å². The predicted octanol–water partition coefficient (Wildman–Crippen LogP) is 8.54. The van der Waals surface area contributed by atoms with Gasteiger partial charge in [0.05, 0.1) is 5.75 Å². The quantitative estimate of drug-likeness (QED) is 0.0747. The molecule has 0 aliphatic rings. The minimum Gasteiger partial charge on any atom is -0.410 e. The highest BCUT2D eigenvalue weighted by Gasteiger charge is 2.39. The van der Waals surface area contributed by atoms with Crippen molar-refractivity contribution in [2.45, 2.75) is 85.2 Å². The number of benzene rings is 2. The van der Waals surface area contributed by atoms with E-state index in [1.807, 2.05) is 18.3 Å². The van der Waals surface area contributed by atoms with Crippen molar-refractivity contribution >= 4 is 26.7 Å². The Balaban J connectivity index is 0.000000302. The molecule has 6 nitrogen and oxygen atoms in total. The number of unbranched alkanes of at least 4 members (excludes halogenated alkanes) is 7. The minimum atomic E-state index is -4.65. The molecule has 0 amide bonds. The van der Waals surface area contributed by atoms with E-state index in [9.17, 15) is 21.6 Å². The highest BCUT2D eigenvalue weighted by Crippen LogP contribution is 2.27. The molecule has 1 aromatic heterocycles. The van der Waals surface area contributed by atoms with Crippen LogP contribution in [0.25, 0.3) is 10.9 Å². The fourth-order valence-electron chi connectivity index (χ4n) is 4.22. The third kappa shape index (κ3) is 13.7. The molecule has 10 heteroatoms. The molecule has 0 atom stereocenters. The zero-order valence-corrected chi connectivity index (χ0v) is 24.0. The molecule has 0 radical (unpaired) electrons. The number of H-pyrrole nitrogens is 1. The first-order valence-electron chi connectivity index (χ1n) is 13.1. The maximum atomic E-state index is 12.6. The first-order valence-corrected chi connectivity index (χ1v) is 14.8. The molecule has 3 N–H and O–H groups in total. The number of aromatic amines is 1. The van der Waals surface area contributed by atoms with Crippen LogP contribution in [0.5, 0.6) is 0 Å². The van der Waals surface area contributed by atoms with Crippen LogP contribution in [-0.2, 0) is 10.1 Å². The summed E-state index contributed by atoms with van der Waals surface area (Å²) < 4.78 is 66.9. The minimum absolute atomic E-state index is 0.0550. The molecule has 0 spiro atoms. The number of oxime groups is 1. The molecule has 0 bridgehead atoms. The van der Waals surface area contributed by atoms with E-state index < -0.39 is 22.0 Å². The third-order valence-electron chi connectivity index (χ3n) is 6.00. The highest BCUT2D eigenvalue weighted by molar-refractivity contribution is 7.85. The van der Waals surface area contributed by atoms with Gasteiger partial charge in [0.25, 0.3) is 10.1 Å². The van der Waals surface area contributed by atoms with Gasteiger partial charge in [-0.2, -0.15) is 21.6 Å². The van der Waals surface area contributed by atoms with Gasteiger partial charge >= 0.3 is 6.18 Å². The zero-order chi connectivity index (χ0) is 29.5. The first-order chi connectivity index (χ1) is 18.3. The smallest absolute Gasteiger partial charge is 0.410 e. The van der Waals surface area contributed by atoms with Crippen LogP contribution in [0.4, 0.5) is 13.2 Å². The number of para-hydroxylation sites is 1. The zero-order valence-electron chi connectivity index (χ0n) is 23.2. The standard InChI is InChI=1S/C11H12F3NO.C10H22O3S.C8H7N/c1-6-4-7(2)9(8(3)5-6)10(15-16)11(12,13)14;1-2-3-4-5-6-7-8-9-10-14(11,12)13;1-2-4-8-7(3-1)5-6-9-8/h4-5,16H,1-3H3;2-10H2,1H3,(H,11,12,13);1-6,9H. The van der Waals surface area contributed by atoms with Gasteiger partial charge in [0, 0.05) is 17.3 Å². The van der Waals surface area contributed by atoms with Crippen molar-refractivity contribution in [1.82, 2.24) is 4.98 Å². The molecule has 3 rings (SSSR count). The molecule has 0 unspecified atom stereocenters. The number of hydrogen-bond acceptors (Lipinski definition) is 4. The van der Waals surface area contributed by atoms with Gasteiger partial charge in [-0.05, 0) is 55.8 Å². The first kappa shape index (κ1) is 34.2. The number of nitrogens with zero attached hydrogens (tertiary/aromatic N) is 1. The van der Waals surface area contributed by atoms with Gasteiger partial charge in [0.2, 0.25) is 0 Å². The fraction of sp³-hybridized carbons (Fsp3) is 0.483. The summed E-state index contributed by atoms with van der Waals surface area (Å²) in [6.07, 6.45) is 6.15. The van der Waals surface area contributed by atoms with E-state index in [-0.39, 0.29) is 11.3 Å². The van der Waals surface area contributed by atoms with Gasteiger partial charge in [-0.15, -0.1) is 0 Å². The van der Waals surface area contributed by atoms with E-state index in [0.717, 1.165) is 18.4 Å². The number of aryl methyl sites for hydroxylation is 3. The van der Waals surface area contributed by atoms with Gasteiger partial charge in [0.1, 0.15) is 0 Å². The highest BCUT2D eigenvalue weighted by atomic mass is 32.2. The van der Waals surface area contributed by atoms with Crippen molar-refractivity contribution in [3.63, 3.8) is 0 Å². The second kappa shape index (κ2) is 17.0. The van der Waals surface area contributed by atoms with E-state index in [1.54, 1.807) is 32.9 Å². The van der Waals surface area contributed by atoms with Gasteiger partial charge in [-0.1, -0.05) is 92.9 Å². The molecule has 0 saturated heterocycles. The van der Waals surface area contributed by atoms with Crippen LogP contribution in [0.2, 0.25) is 0 Å². The molecular weight excluding hydrogens is 529 g/mol. The summed E-state index contributed by atoms with van der Waals surface area (Å²) in [4.78, 5) is 3.12. The van der Waals surface area contributed by atoms with Crippen LogP contribution in [0.1, 0.15) is 80.5 Å². The second-order valence-corrected chi connectivity index (χ2v) is 11.1. The Bertz CT molecular complexity index is 1220. The van der Waals surface area contributed by atoms with Crippen LogP contribution in [0.15, 0.2) is 53.8 Å². The Kier molecular flexibility index (Phi) is 14.9. The number of hydrogen-bond donors (Lipinski definition) is 3. The Labute approximate surface area is 230 Å². The number of aromatic nitrogens is 1. The molecule has 0 aliphatic heterocycles. The lowest BCUT2D eigenvalue weighted by molar-refractivity contribution is -0.0601. The number of halogens is 3. The number of rotatable bonds is 10. The average molecular weight is 571 g/mol. The van der Waals surface area contributed by atoms with Crippen molar-refractivity contribution in [1.29, 1.82) is 0 Å².